The molecule has 10 heteroatoms. The lowest BCUT2D eigenvalue weighted by Gasteiger charge is -2.33. The van der Waals surface area contributed by atoms with Crippen LogP contribution in [0.25, 0.3) is 10.9 Å². The van der Waals surface area contributed by atoms with Gasteiger partial charge in [-0.15, -0.1) is 0 Å². The minimum absolute atomic E-state index is 0.0204. The van der Waals surface area contributed by atoms with Crippen molar-refractivity contribution in [3.8, 4) is 11.9 Å². The van der Waals surface area contributed by atoms with Crippen LogP contribution in [0.15, 0.2) is 54.6 Å². The van der Waals surface area contributed by atoms with Crippen LogP contribution < -0.4 is 4.74 Å². The van der Waals surface area contributed by atoms with Crippen LogP contribution in [-0.2, 0) is 29.2 Å². The normalized spacial score (nSPS) is 17.2. The molecule has 0 aliphatic carbocycles. The van der Waals surface area contributed by atoms with E-state index in [0.29, 0.717) is 35.7 Å². The molecular formula is C34H33FN4O5. The van der Waals surface area contributed by atoms with Crippen LogP contribution >= 0.6 is 0 Å². The van der Waals surface area contributed by atoms with E-state index in [-0.39, 0.29) is 24.2 Å². The largest absolute Gasteiger partial charge is 0.473 e. The second-order valence-electron chi connectivity index (χ2n) is 11.3. The van der Waals surface area contributed by atoms with E-state index in [1.165, 1.54) is 13.2 Å². The third-order valence-corrected chi connectivity index (χ3v) is 8.62. The molecule has 2 aliphatic heterocycles. The van der Waals surface area contributed by atoms with Crippen LogP contribution in [0.1, 0.15) is 68.4 Å². The van der Waals surface area contributed by atoms with E-state index >= 15 is 0 Å². The van der Waals surface area contributed by atoms with Gasteiger partial charge in [0, 0.05) is 65.1 Å². The van der Waals surface area contributed by atoms with Crippen LogP contribution in [0.3, 0.4) is 0 Å². The standard InChI is InChI=1S/C34H33FN4O5/c1-42-34(41)24-7-8-27-28(20-40)32(39(31(27)16-24)18-26-11-14-43-26)19-38-12-9-23(10-13-38)30-3-2-4-33(37-30)44-21-25-6-5-22(17-36)15-29(25)35/h2-8,15-16,20,23,26H,9-14,18-19,21H2,1H3/t26-/m0/s1. The predicted octanol–water partition coefficient (Wildman–Crippen LogP) is 5.39. The molecule has 4 aromatic rings. The number of halogens is 1. The van der Waals surface area contributed by atoms with Gasteiger partial charge in [0.05, 0.1) is 30.4 Å². The molecule has 2 aromatic heterocycles. The van der Waals surface area contributed by atoms with E-state index in [2.05, 4.69) is 9.47 Å². The Kier molecular flexibility index (Phi) is 8.68. The molecule has 6 rings (SSSR count). The number of esters is 1. The number of pyridine rings is 1. The Bertz CT molecular complexity index is 1730. The molecule has 1 atom stereocenters. The molecule has 0 N–H and O–H groups in total. The van der Waals surface area contributed by atoms with Crippen molar-refractivity contribution < 1.29 is 28.2 Å². The van der Waals surface area contributed by atoms with Crippen LogP contribution in [-0.4, -0.2) is 59.6 Å². The molecule has 2 aliphatic rings. The summed E-state index contributed by atoms with van der Waals surface area (Å²) in [5, 5.41) is 9.77. The number of nitrogens with zero attached hydrogens (tertiary/aromatic N) is 4. The highest BCUT2D eigenvalue weighted by Crippen LogP contribution is 2.33. The molecule has 0 spiro atoms. The van der Waals surface area contributed by atoms with Crippen molar-refractivity contribution in [3.63, 3.8) is 0 Å². The Morgan fingerprint density at radius 3 is 2.66 bits per heavy atom. The number of methoxy groups -OCH3 is 1. The number of hydrogen-bond acceptors (Lipinski definition) is 8. The number of piperidine rings is 1. The molecule has 9 nitrogen and oxygen atoms in total. The monoisotopic (exact) mass is 596 g/mol. The van der Waals surface area contributed by atoms with Crippen molar-refractivity contribution >= 4 is 23.2 Å². The van der Waals surface area contributed by atoms with Crippen LogP contribution in [0.2, 0.25) is 0 Å². The zero-order valence-electron chi connectivity index (χ0n) is 24.5. The van der Waals surface area contributed by atoms with Crippen LogP contribution in [0, 0.1) is 17.1 Å². The number of rotatable bonds is 10. The van der Waals surface area contributed by atoms with E-state index in [4.69, 9.17) is 24.5 Å². The zero-order valence-corrected chi connectivity index (χ0v) is 24.5. The number of carbonyl (C=O) groups excluding carboxylic acids is 2. The Morgan fingerprint density at radius 1 is 1.16 bits per heavy atom. The summed E-state index contributed by atoms with van der Waals surface area (Å²) < 4.78 is 32.9. The third-order valence-electron chi connectivity index (χ3n) is 8.62. The highest BCUT2D eigenvalue weighted by Gasteiger charge is 2.28. The summed E-state index contributed by atoms with van der Waals surface area (Å²) >= 11 is 0. The van der Waals surface area contributed by atoms with E-state index in [1.54, 1.807) is 30.3 Å². The number of nitriles is 1. The SMILES string of the molecule is COC(=O)c1ccc2c(C=O)c(CN3CCC(c4cccc(OCc5ccc(C#N)cc5F)n4)CC3)n(C[C@@H]3CCO3)c2c1. The molecule has 0 unspecified atom stereocenters. The Hall–Kier alpha value is -4.59. The van der Waals surface area contributed by atoms with Crippen molar-refractivity contribution in [1.82, 2.24) is 14.5 Å². The van der Waals surface area contributed by atoms with Crippen LogP contribution in [0.4, 0.5) is 4.39 Å². The summed E-state index contributed by atoms with van der Waals surface area (Å²) in [5.74, 6) is -0.226. The van der Waals surface area contributed by atoms with Crippen molar-refractivity contribution in [2.24, 2.45) is 0 Å². The first kappa shape index (κ1) is 29.5. The Morgan fingerprint density at radius 2 is 1.98 bits per heavy atom. The molecular weight excluding hydrogens is 563 g/mol. The van der Waals surface area contributed by atoms with Gasteiger partial charge in [-0.1, -0.05) is 18.2 Å². The van der Waals surface area contributed by atoms with Crippen molar-refractivity contribution in [1.29, 1.82) is 5.26 Å². The number of ether oxygens (including phenoxy) is 3. The van der Waals surface area contributed by atoms with Gasteiger partial charge in [0.2, 0.25) is 5.88 Å². The lowest BCUT2D eigenvalue weighted by atomic mass is 9.93. The Labute approximate surface area is 254 Å². The maximum Gasteiger partial charge on any atom is 0.337 e. The first-order valence-corrected chi connectivity index (χ1v) is 14.8. The topological polar surface area (TPSA) is 107 Å². The quantitative estimate of drug-likeness (QED) is 0.177. The molecule has 2 saturated heterocycles. The molecule has 2 aromatic carbocycles. The minimum atomic E-state index is -0.478. The van der Waals surface area contributed by atoms with E-state index < -0.39 is 11.8 Å². The van der Waals surface area contributed by atoms with Gasteiger partial charge in [-0.3, -0.25) is 9.69 Å². The molecule has 44 heavy (non-hydrogen) atoms. The second kappa shape index (κ2) is 13.0. The first-order valence-electron chi connectivity index (χ1n) is 14.8. The zero-order chi connectivity index (χ0) is 30.6. The number of likely N-dealkylation sites (tertiary alicyclic amines) is 1. The number of hydrogen-bond donors (Lipinski definition) is 0. The molecule has 2 fully saturated rings. The van der Waals surface area contributed by atoms with Crippen molar-refractivity contribution in [3.05, 3.63) is 94.1 Å². The smallest absolute Gasteiger partial charge is 0.337 e. The average molecular weight is 597 g/mol. The van der Waals surface area contributed by atoms with E-state index in [0.717, 1.165) is 67.5 Å². The fraction of sp³-hybridized carbons (Fsp3) is 0.353. The van der Waals surface area contributed by atoms with E-state index in [9.17, 15) is 14.0 Å². The summed E-state index contributed by atoms with van der Waals surface area (Å²) in [6.07, 6.45) is 3.71. The van der Waals surface area contributed by atoms with Crippen molar-refractivity contribution in [2.75, 3.05) is 26.8 Å². The molecule has 0 saturated carbocycles. The highest BCUT2D eigenvalue weighted by molar-refractivity contribution is 6.02. The number of benzene rings is 2. The van der Waals surface area contributed by atoms with Gasteiger partial charge in [-0.2, -0.15) is 5.26 Å². The predicted molar refractivity (Wildman–Crippen MR) is 160 cm³/mol. The molecule has 0 radical (unpaired) electrons. The molecule has 226 valence electrons. The third kappa shape index (κ3) is 6.07. The average Bonchev–Trinajstić information content (AvgIpc) is 3.33. The summed E-state index contributed by atoms with van der Waals surface area (Å²) in [7, 11) is 1.36. The van der Waals surface area contributed by atoms with E-state index in [1.807, 2.05) is 24.3 Å². The molecule has 0 bridgehead atoms. The molecule has 4 heterocycles. The second-order valence-corrected chi connectivity index (χ2v) is 11.3. The fourth-order valence-corrected chi connectivity index (χ4v) is 6.04. The van der Waals surface area contributed by atoms with Gasteiger partial charge in [-0.05, 0) is 62.7 Å². The minimum Gasteiger partial charge on any atom is -0.473 e. The van der Waals surface area contributed by atoms with Crippen LogP contribution in [0.5, 0.6) is 5.88 Å². The number of aromatic nitrogens is 2. The maximum atomic E-state index is 14.3. The summed E-state index contributed by atoms with van der Waals surface area (Å²) in [6, 6.07) is 17.2. The molecule has 0 amide bonds. The highest BCUT2D eigenvalue weighted by atomic mass is 19.1. The number of aldehydes is 1. The van der Waals surface area contributed by atoms with Gasteiger partial charge in [-0.25, -0.2) is 14.2 Å². The lowest BCUT2D eigenvalue weighted by Crippen LogP contribution is -2.35. The number of fused-ring (bicyclic) bond motifs is 1. The number of carbonyl (C=O) groups is 2. The summed E-state index contributed by atoms with van der Waals surface area (Å²) in [5.41, 5.74) is 4.40. The van der Waals surface area contributed by atoms with Gasteiger partial charge in [0.25, 0.3) is 0 Å². The van der Waals surface area contributed by atoms with Gasteiger partial charge in [0.15, 0.2) is 6.29 Å². The fourth-order valence-electron chi connectivity index (χ4n) is 6.04. The lowest BCUT2D eigenvalue weighted by molar-refractivity contribution is -0.0591. The maximum absolute atomic E-state index is 14.3. The summed E-state index contributed by atoms with van der Waals surface area (Å²) in [6.45, 7) is 3.61. The Balaban J connectivity index is 1.15. The summed E-state index contributed by atoms with van der Waals surface area (Å²) in [4.78, 5) is 31.7. The van der Waals surface area contributed by atoms with Gasteiger partial charge < -0.3 is 18.8 Å². The van der Waals surface area contributed by atoms with Gasteiger partial charge in [0.1, 0.15) is 12.4 Å². The van der Waals surface area contributed by atoms with Crippen molar-refractivity contribution in [2.45, 2.75) is 51.0 Å². The van der Waals surface area contributed by atoms with Gasteiger partial charge >= 0.3 is 5.97 Å². The first-order chi connectivity index (χ1) is 21.5.